The summed E-state index contributed by atoms with van der Waals surface area (Å²) >= 11 is 0. The molecule has 1 saturated heterocycles. The van der Waals surface area contributed by atoms with Crippen LogP contribution >= 0.6 is 0 Å². The van der Waals surface area contributed by atoms with E-state index in [1.807, 2.05) is 0 Å². The molecule has 1 aliphatic heterocycles. The molecule has 0 spiro atoms. The maximum Gasteiger partial charge on any atom is 0.306 e. The highest BCUT2D eigenvalue weighted by Gasteiger charge is 2.44. The third-order valence-corrected chi connectivity index (χ3v) is 8.14. The van der Waals surface area contributed by atoms with E-state index in [2.05, 4.69) is 86.8 Å². The Hall–Kier alpha value is -2.37. The number of hydrogen-bond donors (Lipinski definition) is 4. The maximum absolute atomic E-state index is 12.6. The van der Waals surface area contributed by atoms with Gasteiger partial charge in [-0.3, -0.25) is 4.79 Å². The van der Waals surface area contributed by atoms with Crippen molar-refractivity contribution in [3.05, 3.63) is 72.9 Å². The third-order valence-electron chi connectivity index (χ3n) is 8.14. The molecule has 0 aromatic heterocycles. The number of unbranched alkanes of at least 4 members (excludes halogenated alkanes) is 7. The fourth-order valence-corrected chi connectivity index (χ4v) is 5.15. The lowest BCUT2D eigenvalue weighted by Gasteiger charge is -2.39. The summed E-state index contributed by atoms with van der Waals surface area (Å²) < 4.78 is 22.5. The van der Waals surface area contributed by atoms with Gasteiger partial charge in [-0.1, -0.05) is 125 Å². The molecule has 4 N–H and O–H groups in total. The fraction of sp³-hybridized carbons (Fsp3) is 0.683. The van der Waals surface area contributed by atoms with E-state index < -0.39 is 43.4 Å². The molecule has 0 amide bonds. The van der Waals surface area contributed by atoms with Crippen LogP contribution in [0, 0.1) is 0 Å². The van der Waals surface area contributed by atoms with Crippen molar-refractivity contribution in [2.24, 2.45) is 0 Å². The molecule has 286 valence electrons. The Kier molecular flexibility index (Phi) is 29.7. The Morgan fingerprint density at radius 1 is 0.660 bits per heavy atom. The highest BCUT2D eigenvalue weighted by atomic mass is 16.7. The molecule has 0 aromatic rings. The van der Waals surface area contributed by atoms with Crippen LogP contribution in [-0.4, -0.2) is 89.6 Å². The van der Waals surface area contributed by atoms with Crippen molar-refractivity contribution in [1.82, 2.24) is 0 Å². The molecular weight excluding hydrogens is 636 g/mol. The van der Waals surface area contributed by atoms with Gasteiger partial charge in [0, 0.05) is 13.0 Å². The number of hydrogen-bond acceptors (Lipinski definition) is 9. The van der Waals surface area contributed by atoms with Crippen LogP contribution in [0.3, 0.4) is 0 Å². The van der Waals surface area contributed by atoms with Crippen molar-refractivity contribution in [3.8, 4) is 0 Å². The molecule has 6 unspecified atom stereocenters. The van der Waals surface area contributed by atoms with Gasteiger partial charge in [0.2, 0.25) is 0 Å². The van der Waals surface area contributed by atoms with Gasteiger partial charge in [-0.2, -0.15) is 0 Å². The first-order chi connectivity index (χ1) is 24.4. The summed E-state index contributed by atoms with van der Waals surface area (Å²) in [5.41, 5.74) is 0. The Labute approximate surface area is 302 Å². The first kappa shape index (κ1) is 45.7. The van der Waals surface area contributed by atoms with Crippen LogP contribution in [0.5, 0.6) is 0 Å². The van der Waals surface area contributed by atoms with Crippen LogP contribution in [0.2, 0.25) is 0 Å². The molecule has 0 radical (unpaired) electrons. The maximum atomic E-state index is 12.6. The van der Waals surface area contributed by atoms with Gasteiger partial charge in [0.25, 0.3) is 0 Å². The van der Waals surface area contributed by atoms with E-state index in [9.17, 15) is 25.2 Å². The summed E-state index contributed by atoms with van der Waals surface area (Å²) in [5, 5.41) is 39.8. The van der Waals surface area contributed by atoms with Crippen molar-refractivity contribution >= 4 is 5.97 Å². The van der Waals surface area contributed by atoms with Crippen molar-refractivity contribution in [2.75, 3.05) is 26.4 Å². The number of rotatable bonds is 30. The number of ether oxygens (including phenoxy) is 4. The molecule has 1 rings (SSSR count). The van der Waals surface area contributed by atoms with Crippen molar-refractivity contribution < 1.29 is 44.2 Å². The van der Waals surface area contributed by atoms with Gasteiger partial charge in [-0.15, -0.1) is 0 Å². The van der Waals surface area contributed by atoms with Gasteiger partial charge in [0.1, 0.15) is 30.5 Å². The number of carbonyl (C=O) groups excluding carboxylic acids is 1. The van der Waals surface area contributed by atoms with Crippen molar-refractivity contribution in [2.45, 2.75) is 153 Å². The zero-order valence-corrected chi connectivity index (χ0v) is 30.9. The zero-order valence-electron chi connectivity index (χ0n) is 30.9. The standard InChI is InChI=1S/C41H68O9/c1-3-5-7-9-11-12-13-14-15-16-17-18-19-20-21-22-23-25-27-29-31-47-33-35(49-37(43)30-28-26-24-10-8-6-4-2)34-48-41-40(46)39(45)38(44)36(32-42)50-41/h5,7,11-12,14-15,17-18,20-21,23,25,35-36,38-42,44-46H,3-4,6,8-10,13,16,19,22,24,26-34H2,1-2H3/b7-5-,12-11-,15-14-,18-17-,21-20-,25-23-. The number of aliphatic hydroxyl groups excluding tert-OH is 4. The van der Waals surface area contributed by atoms with E-state index in [0.717, 1.165) is 70.6 Å². The second kappa shape index (κ2) is 32.5. The summed E-state index contributed by atoms with van der Waals surface area (Å²) in [6.07, 6.45) is 33.9. The summed E-state index contributed by atoms with van der Waals surface area (Å²) in [7, 11) is 0. The summed E-state index contributed by atoms with van der Waals surface area (Å²) in [5.74, 6) is -0.345. The van der Waals surface area contributed by atoms with Crippen LogP contribution in [0.4, 0.5) is 0 Å². The number of aliphatic hydroxyl groups is 4. The molecular formula is C41H68O9. The monoisotopic (exact) mass is 704 g/mol. The molecule has 1 aliphatic rings. The minimum atomic E-state index is -1.55. The summed E-state index contributed by atoms with van der Waals surface area (Å²) in [6.45, 7) is 4.21. The normalized spacial score (nSPS) is 22.4. The molecule has 1 heterocycles. The predicted molar refractivity (Wildman–Crippen MR) is 200 cm³/mol. The van der Waals surface area contributed by atoms with E-state index in [4.69, 9.17) is 18.9 Å². The Balaban J connectivity index is 2.33. The first-order valence-electron chi connectivity index (χ1n) is 19.0. The van der Waals surface area contributed by atoms with Gasteiger partial charge in [0.05, 0.1) is 19.8 Å². The van der Waals surface area contributed by atoms with E-state index in [0.29, 0.717) is 13.0 Å². The van der Waals surface area contributed by atoms with E-state index in [1.165, 1.54) is 25.7 Å². The predicted octanol–water partition coefficient (Wildman–Crippen LogP) is 7.35. The van der Waals surface area contributed by atoms with Crippen LogP contribution in [0.1, 0.15) is 117 Å². The molecule has 0 aliphatic carbocycles. The largest absolute Gasteiger partial charge is 0.457 e. The Morgan fingerprint density at radius 2 is 1.20 bits per heavy atom. The Morgan fingerprint density at radius 3 is 1.76 bits per heavy atom. The molecule has 6 atom stereocenters. The summed E-state index contributed by atoms with van der Waals surface area (Å²) in [4.78, 5) is 12.6. The van der Waals surface area contributed by atoms with Crippen LogP contribution in [-0.2, 0) is 23.7 Å². The van der Waals surface area contributed by atoms with Gasteiger partial charge in [-0.25, -0.2) is 0 Å². The minimum Gasteiger partial charge on any atom is -0.457 e. The van der Waals surface area contributed by atoms with E-state index in [1.54, 1.807) is 0 Å². The van der Waals surface area contributed by atoms with Gasteiger partial charge < -0.3 is 39.4 Å². The lowest BCUT2D eigenvalue weighted by Crippen LogP contribution is -2.59. The molecule has 50 heavy (non-hydrogen) atoms. The lowest BCUT2D eigenvalue weighted by atomic mass is 9.99. The highest BCUT2D eigenvalue weighted by Crippen LogP contribution is 2.22. The Bertz CT molecular complexity index is 985. The number of carbonyl (C=O) groups is 1. The first-order valence-corrected chi connectivity index (χ1v) is 19.0. The smallest absolute Gasteiger partial charge is 0.306 e. The molecule has 0 saturated carbocycles. The zero-order chi connectivity index (χ0) is 36.5. The number of esters is 1. The van der Waals surface area contributed by atoms with Crippen molar-refractivity contribution in [1.29, 1.82) is 0 Å². The highest BCUT2D eigenvalue weighted by molar-refractivity contribution is 5.69. The topological polar surface area (TPSA) is 135 Å². The molecule has 1 fully saturated rings. The van der Waals surface area contributed by atoms with Crippen molar-refractivity contribution in [3.63, 3.8) is 0 Å². The van der Waals surface area contributed by atoms with E-state index in [-0.39, 0.29) is 19.2 Å². The third kappa shape index (κ3) is 23.9. The SMILES string of the molecule is CC/C=C\C/C=C\C/C=C\C/C=C\C/C=C\C/C=C\CCCOCC(COC1OC(CO)C(O)C(O)C1O)OC(=O)CCCCCCCCC. The fourth-order valence-electron chi connectivity index (χ4n) is 5.15. The molecule has 0 aromatic carbocycles. The van der Waals surface area contributed by atoms with E-state index >= 15 is 0 Å². The minimum absolute atomic E-state index is 0.101. The quantitative estimate of drug-likeness (QED) is 0.0344. The average Bonchev–Trinajstić information content (AvgIpc) is 3.11. The van der Waals surface area contributed by atoms with Crippen LogP contribution < -0.4 is 0 Å². The second-order valence-electron chi connectivity index (χ2n) is 12.6. The molecule has 9 nitrogen and oxygen atoms in total. The average molecular weight is 705 g/mol. The molecule has 9 heteroatoms. The summed E-state index contributed by atoms with van der Waals surface area (Å²) in [6, 6.07) is 0. The molecule has 0 bridgehead atoms. The van der Waals surface area contributed by atoms with Gasteiger partial charge >= 0.3 is 5.97 Å². The van der Waals surface area contributed by atoms with Crippen LogP contribution in [0.25, 0.3) is 0 Å². The lowest BCUT2D eigenvalue weighted by molar-refractivity contribution is -0.305. The second-order valence-corrected chi connectivity index (χ2v) is 12.6. The van der Waals surface area contributed by atoms with Gasteiger partial charge in [0.15, 0.2) is 6.29 Å². The number of allylic oxidation sites excluding steroid dienone is 12. The van der Waals surface area contributed by atoms with Crippen LogP contribution in [0.15, 0.2) is 72.9 Å². The van der Waals surface area contributed by atoms with Gasteiger partial charge in [-0.05, 0) is 57.8 Å².